The van der Waals surface area contributed by atoms with Crippen LogP contribution in [0.2, 0.25) is 0 Å². The predicted octanol–water partition coefficient (Wildman–Crippen LogP) is 4.31. The van der Waals surface area contributed by atoms with E-state index in [0.29, 0.717) is 19.4 Å². The zero-order valence-corrected chi connectivity index (χ0v) is 16.1. The smallest absolute Gasteiger partial charge is 0.220 e. The van der Waals surface area contributed by atoms with Crippen LogP contribution in [-0.4, -0.2) is 27.0 Å². The number of benzene rings is 2. The third kappa shape index (κ3) is 4.54. The van der Waals surface area contributed by atoms with Crippen molar-refractivity contribution in [2.45, 2.75) is 25.8 Å². The molecule has 0 aliphatic rings. The third-order valence-corrected chi connectivity index (χ3v) is 5.02. The molecule has 0 atom stereocenters. The van der Waals surface area contributed by atoms with Crippen LogP contribution in [0.5, 0.6) is 0 Å². The van der Waals surface area contributed by atoms with Crippen molar-refractivity contribution in [1.82, 2.24) is 19.9 Å². The number of carbonyl (C=O) groups excluding carboxylic acids is 1. The Morgan fingerprint density at radius 1 is 1.14 bits per heavy atom. The van der Waals surface area contributed by atoms with E-state index in [-0.39, 0.29) is 11.7 Å². The maximum absolute atomic E-state index is 13.3. The molecule has 1 amide bonds. The summed E-state index contributed by atoms with van der Waals surface area (Å²) in [5.41, 5.74) is 3.96. The molecule has 2 heterocycles. The van der Waals surface area contributed by atoms with Crippen molar-refractivity contribution < 1.29 is 9.18 Å². The number of amides is 1. The second-order valence-corrected chi connectivity index (χ2v) is 7.04. The first kappa shape index (κ1) is 18.9. The van der Waals surface area contributed by atoms with Crippen LogP contribution in [0.3, 0.4) is 0 Å². The maximum atomic E-state index is 13.3. The van der Waals surface area contributed by atoms with E-state index < -0.39 is 0 Å². The van der Waals surface area contributed by atoms with Crippen LogP contribution in [0.15, 0.2) is 67.3 Å². The molecule has 0 unspecified atom stereocenters. The van der Waals surface area contributed by atoms with Gasteiger partial charge in [0.25, 0.3) is 0 Å². The molecule has 0 bridgehead atoms. The number of hydrogen-bond acceptors (Lipinski definition) is 2. The van der Waals surface area contributed by atoms with Crippen molar-refractivity contribution in [3.05, 3.63) is 78.6 Å². The fourth-order valence-corrected chi connectivity index (χ4v) is 3.56. The SMILES string of the molecule is O=C(CCc1c(-c2ccc(F)cc2)[nH]c2ccccc12)NCCCn1ccnc1. The molecule has 29 heavy (non-hydrogen) atoms. The molecular formula is C23H23FN4O. The number of hydrogen-bond donors (Lipinski definition) is 2. The van der Waals surface area contributed by atoms with Gasteiger partial charge in [-0.3, -0.25) is 4.79 Å². The average Bonchev–Trinajstić information content (AvgIpc) is 3.38. The quantitative estimate of drug-likeness (QED) is 0.441. The van der Waals surface area contributed by atoms with Gasteiger partial charge in [-0.1, -0.05) is 18.2 Å². The molecule has 2 N–H and O–H groups in total. The summed E-state index contributed by atoms with van der Waals surface area (Å²) in [6.45, 7) is 1.47. The number of imidazole rings is 1. The zero-order valence-electron chi connectivity index (χ0n) is 16.1. The van der Waals surface area contributed by atoms with Gasteiger partial charge >= 0.3 is 0 Å². The van der Waals surface area contributed by atoms with Crippen molar-refractivity contribution in [3.63, 3.8) is 0 Å². The van der Waals surface area contributed by atoms with Gasteiger partial charge in [0.05, 0.1) is 6.33 Å². The number of carbonyl (C=O) groups is 1. The van der Waals surface area contributed by atoms with Gasteiger partial charge in [-0.15, -0.1) is 0 Å². The van der Waals surface area contributed by atoms with Crippen LogP contribution in [-0.2, 0) is 17.8 Å². The number of halogens is 1. The van der Waals surface area contributed by atoms with E-state index in [0.717, 1.165) is 40.7 Å². The molecule has 0 saturated carbocycles. The zero-order chi connectivity index (χ0) is 20.1. The normalized spacial score (nSPS) is 11.1. The fraction of sp³-hybridized carbons (Fsp3) is 0.217. The fourth-order valence-electron chi connectivity index (χ4n) is 3.56. The summed E-state index contributed by atoms with van der Waals surface area (Å²) in [5.74, 6) is -0.229. The molecule has 2 aromatic heterocycles. The monoisotopic (exact) mass is 390 g/mol. The Balaban J connectivity index is 1.42. The molecule has 0 saturated heterocycles. The molecule has 5 nitrogen and oxygen atoms in total. The van der Waals surface area contributed by atoms with Crippen LogP contribution in [0.25, 0.3) is 22.2 Å². The van der Waals surface area contributed by atoms with Crippen LogP contribution < -0.4 is 5.32 Å². The minimum Gasteiger partial charge on any atom is -0.356 e. The largest absolute Gasteiger partial charge is 0.356 e. The van der Waals surface area contributed by atoms with Crippen molar-refractivity contribution in [3.8, 4) is 11.3 Å². The lowest BCUT2D eigenvalue weighted by Crippen LogP contribution is -2.25. The topological polar surface area (TPSA) is 62.7 Å². The minimum atomic E-state index is -0.263. The Bertz CT molecular complexity index is 1080. The van der Waals surface area contributed by atoms with Crippen LogP contribution >= 0.6 is 0 Å². The van der Waals surface area contributed by atoms with Gasteiger partial charge in [0, 0.05) is 48.5 Å². The first-order valence-corrected chi connectivity index (χ1v) is 9.78. The van der Waals surface area contributed by atoms with Gasteiger partial charge in [-0.05, 0) is 54.3 Å². The van der Waals surface area contributed by atoms with E-state index in [9.17, 15) is 9.18 Å². The van der Waals surface area contributed by atoms with Crippen LogP contribution in [0, 0.1) is 5.82 Å². The van der Waals surface area contributed by atoms with E-state index in [1.807, 2.05) is 29.0 Å². The maximum Gasteiger partial charge on any atom is 0.220 e. The molecule has 2 aromatic carbocycles. The van der Waals surface area contributed by atoms with Gasteiger partial charge in [0.15, 0.2) is 0 Å². The van der Waals surface area contributed by atoms with Crippen molar-refractivity contribution in [1.29, 1.82) is 0 Å². The highest BCUT2D eigenvalue weighted by atomic mass is 19.1. The lowest BCUT2D eigenvalue weighted by molar-refractivity contribution is -0.121. The van der Waals surface area contributed by atoms with Gasteiger partial charge in [0.1, 0.15) is 5.82 Å². The van der Waals surface area contributed by atoms with E-state index in [2.05, 4.69) is 21.4 Å². The number of para-hydroxylation sites is 1. The number of rotatable bonds is 8. The van der Waals surface area contributed by atoms with Gasteiger partial charge in [-0.2, -0.15) is 0 Å². The molecule has 0 aliphatic heterocycles. The summed E-state index contributed by atoms with van der Waals surface area (Å²) in [7, 11) is 0. The Labute approximate surface area is 168 Å². The van der Waals surface area contributed by atoms with E-state index in [4.69, 9.17) is 0 Å². The summed E-state index contributed by atoms with van der Waals surface area (Å²) in [6, 6.07) is 14.5. The first-order chi connectivity index (χ1) is 14.2. The number of aromatic nitrogens is 3. The molecule has 0 aliphatic carbocycles. The molecule has 0 fully saturated rings. The summed E-state index contributed by atoms with van der Waals surface area (Å²) < 4.78 is 15.3. The number of nitrogens with one attached hydrogen (secondary N) is 2. The number of aromatic amines is 1. The molecule has 4 rings (SSSR count). The summed E-state index contributed by atoms with van der Waals surface area (Å²) in [6.07, 6.45) is 7.31. The highest BCUT2D eigenvalue weighted by molar-refractivity contribution is 5.91. The number of nitrogens with zero attached hydrogens (tertiary/aromatic N) is 2. The summed E-state index contributed by atoms with van der Waals surface area (Å²) in [4.78, 5) is 19.8. The van der Waals surface area contributed by atoms with Gasteiger partial charge in [-0.25, -0.2) is 9.37 Å². The Kier molecular flexibility index (Phi) is 5.70. The van der Waals surface area contributed by atoms with E-state index in [1.54, 1.807) is 24.7 Å². The molecular weight excluding hydrogens is 367 g/mol. The minimum absolute atomic E-state index is 0.0333. The van der Waals surface area contributed by atoms with Crippen molar-refractivity contribution >= 4 is 16.8 Å². The predicted molar refractivity (Wildman–Crippen MR) is 112 cm³/mol. The Morgan fingerprint density at radius 3 is 2.76 bits per heavy atom. The molecule has 0 spiro atoms. The second kappa shape index (κ2) is 8.73. The summed E-state index contributed by atoms with van der Waals surface area (Å²) in [5, 5.41) is 4.09. The molecule has 148 valence electrons. The Morgan fingerprint density at radius 2 is 1.97 bits per heavy atom. The van der Waals surface area contributed by atoms with Crippen LogP contribution in [0.1, 0.15) is 18.4 Å². The third-order valence-electron chi connectivity index (χ3n) is 5.02. The van der Waals surface area contributed by atoms with Gasteiger partial charge < -0.3 is 14.9 Å². The molecule has 4 aromatic rings. The van der Waals surface area contributed by atoms with E-state index in [1.165, 1.54) is 12.1 Å². The highest BCUT2D eigenvalue weighted by Gasteiger charge is 2.14. The van der Waals surface area contributed by atoms with Crippen molar-refractivity contribution in [2.24, 2.45) is 0 Å². The lowest BCUT2D eigenvalue weighted by atomic mass is 10.0. The lowest BCUT2D eigenvalue weighted by Gasteiger charge is -2.08. The number of H-pyrrole nitrogens is 1. The van der Waals surface area contributed by atoms with Crippen LogP contribution in [0.4, 0.5) is 4.39 Å². The molecule has 6 heteroatoms. The highest BCUT2D eigenvalue weighted by Crippen LogP contribution is 2.31. The summed E-state index contributed by atoms with van der Waals surface area (Å²) >= 11 is 0. The number of fused-ring (bicyclic) bond motifs is 1. The molecule has 0 radical (unpaired) electrons. The van der Waals surface area contributed by atoms with E-state index >= 15 is 0 Å². The second-order valence-electron chi connectivity index (χ2n) is 7.04. The van der Waals surface area contributed by atoms with Gasteiger partial charge in [0.2, 0.25) is 5.91 Å². The Hall–Kier alpha value is -3.41. The first-order valence-electron chi connectivity index (χ1n) is 9.78. The van der Waals surface area contributed by atoms with Crippen molar-refractivity contribution in [2.75, 3.05) is 6.54 Å². The standard InChI is InChI=1S/C23H23FN4O/c24-18-8-6-17(7-9-18)23-20(19-4-1-2-5-21(19)27-23)10-11-22(29)26-12-3-14-28-15-13-25-16-28/h1-2,4-9,13,15-16,27H,3,10-12,14H2,(H,26,29). The number of aryl methyl sites for hydroxylation is 2. The average molecular weight is 390 g/mol.